The van der Waals surface area contributed by atoms with Gasteiger partial charge in [0.2, 0.25) is 0 Å². The summed E-state index contributed by atoms with van der Waals surface area (Å²) in [7, 11) is 0. The lowest BCUT2D eigenvalue weighted by Crippen LogP contribution is -2.29. The summed E-state index contributed by atoms with van der Waals surface area (Å²) in [6.45, 7) is 4.97. The maximum Gasteiger partial charge on any atom is 0.417 e. The molecule has 0 fully saturated rings. The van der Waals surface area contributed by atoms with Gasteiger partial charge in [0, 0.05) is 24.4 Å². The molecule has 0 radical (unpaired) electrons. The van der Waals surface area contributed by atoms with Crippen LogP contribution >= 0.6 is 0 Å². The Morgan fingerprint density at radius 3 is 2.53 bits per heavy atom. The minimum atomic E-state index is -4.31. The zero-order valence-corrected chi connectivity index (χ0v) is 10.0. The Morgan fingerprint density at radius 1 is 1.35 bits per heavy atom. The molecule has 1 atom stereocenters. The predicted octanol–water partition coefficient (Wildman–Crippen LogP) is 3.03. The van der Waals surface area contributed by atoms with E-state index in [9.17, 15) is 13.2 Å². The van der Waals surface area contributed by atoms with Crippen LogP contribution in [0.4, 0.5) is 13.2 Å². The molecular formula is C12H17F3N2. The van der Waals surface area contributed by atoms with Crippen LogP contribution < -0.4 is 5.32 Å². The van der Waals surface area contributed by atoms with E-state index < -0.39 is 11.7 Å². The number of halogens is 3. The van der Waals surface area contributed by atoms with Gasteiger partial charge in [-0.25, -0.2) is 0 Å². The number of hydrogen-bond donors (Lipinski definition) is 1. The summed E-state index contributed by atoms with van der Waals surface area (Å²) in [4.78, 5) is 3.83. The van der Waals surface area contributed by atoms with Crippen LogP contribution in [0.5, 0.6) is 0 Å². The summed E-state index contributed by atoms with van der Waals surface area (Å²) in [6.07, 6.45) is -1.75. The van der Waals surface area contributed by atoms with Crippen molar-refractivity contribution in [2.24, 2.45) is 0 Å². The molecule has 1 rings (SSSR count). The Kier molecular flexibility index (Phi) is 4.93. The highest BCUT2D eigenvalue weighted by Crippen LogP contribution is 2.28. The van der Waals surface area contributed by atoms with Crippen LogP contribution in [0.25, 0.3) is 0 Å². The molecule has 0 bridgehead atoms. The number of pyridine rings is 1. The van der Waals surface area contributed by atoms with Crippen molar-refractivity contribution >= 4 is 0 Å². The van der Waals surface area contributed by atoms with Crippen LogP contribution in [-0.2, 0) is 12.6 Å². The SMILES string of the molecule is CCCNC(C)Cc1ccc(C(F)(F)F)cn1. The first-order valence-electron chi connectivity index (χ1n) is 5.69. The molecule has 1 unspecified atom stereocenters. The number of hydrogen-bond acceptors (Lipinski definition) is 2. The third-order valence-electron chi connectivity index (χ3n) is 2.41. The largest absolute Gasteiger partial charge is 0.417 e. The molecule has 0 aliphatic carbocycles. The van der Waals surface area contributed by atoms with Crippen molar-refractivity contribution in [3.05, 3.63) is 29.6 Å². The van der Waals surface area contributed by atoms with E-state index in [1.807, 2.05) is 6.92 Å². The molecule has 1 N–H and O–H groups in total. The third kappa shape index (κ3) is 4.73. The van der Waals surface area contributed by atoms with E-state index in [2.05, 4.69) is 17.2 Å². The molecule has 0 aliphatic heterocycles. The first-order chi connectivity index (χ1) is 7.93. The Hall–Kier alpha value is -1.10. The zero-order valence-electron chi connectivity index (χ0n) is 10.0. The molecule has 0 spiro atoms. The molecule has 96 valence electrons. The number of nitrogens with zero attached hydrogens (tertiary/aromatic N) is 1. The lowest BCUT2D eigenvalue weighted by atomic mass is 10.1. The van der Waals surface area contributed by atoms with Crippen LogP contribution in [-0.4, -0.2) is 17.6 Å². The minimum Gasteiger partial charge on any atom is -0.314 e. The van der Waals surface area contributed by atoms with Crippen molar-refractivity contribution in [3.8, 4) is 0 Å². The van der Waals surface area contributed by atoms with Crippen molar-refractivity contribution in [1.82, 2.24) is 10.3 Å². The average molecular weight is 246 g/mol. The van der Waals surface area contributed by atoms with Gasteiger partial charge in [-0.1, -0.05) is 6.92 Å². The lowest BCUT2D eigenvalue weighted by Gasteiger charge is -2.13. The fraction of sp³-hybridized carbons (Fsp3) is 0.583. The van der Waals surface area contributed by atoms with E-state index in [4.69, 9.17) is 0 Å². The van der Waals surface area contributed by atoms with Crippen LogP contribution in [0.3, 0.4) is 0 Å². The first-order valence-corrected chi connectivity index (χ1v) is 5.69. The van der Waals surface area contributed by atoms with Crippen molar-refractivity contribution < 1.29 is 13.2 Å². The van der Waals surface area contributed by atoms with Crippen molar-refractivity contribution in [2.75, 3.05) is 6.54 Å². The number of nitrogens with one attached hydrogen (secondary N) is 1. The molecule has 1 aromatic rings. The van der Waals surface area contributed by atoms with Gasteiger partial charge in [-0.3, -0.25) is 4.98 Å². The van der Waals surface area contributed by atoms with Gasteiger partial charge in [-0.15, -0.1) is 0 Å². The highest BCUT2D eigenvalue weighted by atomic mass is 19.4. The molecule has 2 nitrogen and oxygen atoms in total. The highest BCUT2D eigenvalue weighted by molar-refractivity contribution is 5.17. The molecule has 5 heteroatoms. The molecule has 0 saturated heterocycles. The lowest BCUT2D eigenvalue weighted by molar-refractivity contribution is -0.137. The third-order valence-corrected chi connectivity index (χ3v) is 2.41. The molecule has 1 heterocycles. The van der Waals surface area contributed by atoms with Gasteiger partial charge in [-0.05, 0) is 32.0 Å². The summed E-state index contributed by atoms with van der Waals surface area (Å²) in [5, 5.41) is 3.26. The van der Waals surface area contributed by atoms with Crippen LogP contribution in [0, 0.1) is 0 Å². The Balaban J connectivity index is 2.56. The van der Waals surface area contributed by atoms with Crippen molar-refractivity contribution in [3.63, 3.8) is 0 Å². The summed E-state index contributed by atoms with van der Waals surface area (Å²) in [6, 6.07) is 2.74. The summed E-state index contributed by atoms with van der Waals surface area (Å²) in [5.41, 5.74) is -0.0236. The van der Waals surface area contributed by atoms with Crippen LogP contribution in [0.2, 0.25) is 0 Å². The second-order valence-electron chi connectivity index (χ2n) is 4.10. The van der Waals surface area contributed by atoms with Crippen molar-refractivity contribution in [2.45, 2.75) is 38.9 Å². The van der Waals surface area contributed by atoms with Gasteiger partial charge < -0.3 is 5.32 Å². The van der Waals surface area contributed by atoms with Gasteiger partial charge in [0.25, 0.3) is 0 Å². The quantitative estimate of drug-likeness (QED) is 0.863. The molecule has 0 aromatic carbocycles. The summed E-state index contributed by atoms with van der Waals surface area (Å²) < 4.78 is 36.9. The van der Waals surface area contributed by atoms with E-state index in [-0.39, 0.29) is 6.04 Å². The standard InChI is InChI=1S/C12H17F3N2/c1-3-6-16-9(2)7-11-5-4-10(8-17-11)12(13,14)15/h4-5,8-9,16H,3,6-7H2,1-2H3. The minimum absolute atomic E-state index is 0.221. The maximum atomic E-state index is 12.3. The fourth-order valence-electron chi connectivity index (χ4n) is 1.49. The molecule has 1 aromatic heterocycles. The maximum absolute atomic E-state index is 12.3. The number of aromatic nitrogens is 1. The van der Waals surface area contributed by atoms with E-state index in [0.717, 1.165) is 25.2 Å². The van der Waals surface area contributed by atoms with E-state index in [1.165, 1.54) is 6.07 Å². The van der Waals surface area contributed by atoms with E-state index in [1.54, 1.807) is 0 Å². The van der Waals surface area contributed by atoms with Gasteiger partial charge in [0.15, 0.2) is 0 Å². The van der Waals surface area contributed by atoms with E-state index in [0.29, 0.717) is 12.1 Å². The zero-order chi connectivity index (χ0) is 12.9. The van der Waals surface area contributed by atoms with Gasteiger partial charge in [0.05, 0.1) is 5.56 Å². The normalized spacial score (nSPS) is 13.7. The highest BCUT2D eigenvalue weighted by Gasteiger charge is 2.30. The van der Waals surface area contributed by atoms with Gasteiger partial charge >= 0.3 is 6.18 Å². The van der Waals surface area contributed by atoms with Crippen LogP contribution in [0.15, 0.2) is 18.3 Å². The second kappa shape index (κ2) is 6.00. The number of rotatable bonds is 5. The van der Waals surface area contributed by atoms with Gasteiger partial charge in [-0.2, -0.15) is 13.2 Å². The topological polar surface area (TPSA) is 24.9 Å². The molecule has 0 aliphatic rings. The van der Waals surface area contributed by atoms with Gasteiger partial charge in [0.1, 0.15) is 0 Å². The molecule has 0 amide bonds. The second-order valence-corrected chi connectivity index (χ2v) is 4.10. The Labute approximate surface area is 99.3 Å². The summed E-state index contributed by atoms with van der Waals surface area (Å²) >= 11 is 0. The monoisotopic (exact) mass is 246 g/mol. The number of alkyl halides is 3. The van der Waals surface area contributed by atoms with E-state index >= 15 is 0 Å². The molecule has 17 heavy (non-hydrogen) atoms. The van der Waals surface area contributed by atoms with Crippen LogP contribution in [0.1, 0.15) is 31.5 Å². The fourth-order valence-corrected chi connectivity index (χ4v) is 1.49. The smallest absolute Gasteiger partial charge is 0.314 e. The average Bonchev–Trinajstić information content (AvgIpc) is 2.26. The van der Waals surface area contributed by atoms with Crippen molar-refractivity contribution in [1.29, 1.82) is 0 Å². The Bertz CT molecular complexity index is 333. The molecule has 0 saturated carbocycles. The Morgan fingerprint density at radius 2 is 2.06 bits per heavy atom. The first kappa shape index (κ1) is 14.0. The predicted molar refractivity (Wildman–Crippen MR) is 60.7 cm³/mol. The molecular weight excluding hydrogens is 229 g/mol. The summed E-state index contributed by atoms with van der Waals surface area (Å²) in [5.74, 6) is 0.